The molecule has 1 atom stereocenters. The van der Waals surface area contributed by atoms with E-state index in [1.807, 2.05) is 24.5 Å². The maximum atomic E-state index is 4.71. The summed E-state index contributed by atoms with van der Waals surface area (Å²) in [6, 6.07) is 4.96. The molecule has 3 rings (SSSR count). The van der Waals surface area contributed by atoms with Crippen LogP contribution < -0.4 is 4.90 Å². The first-order chi connectivity index (χ1) is 9.15. The molecule has 4 heteroatoms. The van der Waals surface area contributed by atoms with Crippen molar-refractivity contribution in [1.82, 2.24) is 9.97 Å². The maximum Gasteiger partial charge on any atom is 0.150 e. The Labute approximate surface area is 118 Å². The van der Waals surface area contributed by atoms with Gasteiger partial charge in [-0.15, -0.1) is 11.3 Å². The van der Waals surface area contributed by atoms with E-state index in [-0.39, 0.29) is 0 Å². The highest BCUT2D eigenvalue weighted by Gasteiger charge is 2.29. The number of aromatic nitrogens is 2. The monoisotopic (exact) mass is 273 g/mol. The zero-order valence-corrected chi connectivity index (χ0v) is 12.5. The molecule has 0 aromatic carbocycles. The summed E-state index contributed by atoms with van der Waals surface area (Å²) in [7, 11) is 0. The van der Waals surface area contributed by atoms with Crippen LogP contribution in [-0.4, -0.2) is 16.5 Å². The number of nitrogens with zero attached hydrogens (tertiary/aromatic N) is 3. The molecule has 0 amide bonds. The summed E-state index contributed by atoms with van der Waals surface area (Å²) in [6.45, 7) is 7.32. The summed E-state index contributed by atoms with van der Waals surface area (Å²) in [5, 5.41) is 0. The summed E-state index contributed by atoms with van der Waals surface area (Å²) < 4.78 is 0. The third kappa shape index (κ3) is 2.37. The van der Waals surface area contributed by atoms with Gasteiger partial charge in [-0.1, -0.05) is 0 Å². The normalized spacial score (nSPS) is 19.1. The van der Waals surface area contributed by atoms with Crippen molar-refractivity contribution in [2.75, 3.05) is 11.4 Å². The molecular formula is C15H19N3S. The SMILES string of the molecule is Cc1cnc(C)c(N2CCCC2c2ccc(C)s2)n1. The van der Waals surface area contributed by atoms with Crippen molar-refractivity contribution in [1.29, 1.82) is 0 Å². The van der Waals surface area contributed by atoms with Gasteiger partial charge >= 0.3 is 0 Å². The van der Waals surface area contributed by atoms with E-state index in [4.69, 9.17) is 4.98 Å². The second-order valence-electron chi connectivity index (χ2n) is 5.22. The minimum absolute atomic E-state index is 0.480. The van der Waals surface area contributed by atoms with Gasteiger partial charge in [0.15, 0.2) is 5.82 Å². The van der Waals surface area contributed by atoms with Gasteiger partial charge < -0.3 is 4.90 Å². The first kappa shape index (κ1) is 12.6. The van der Waals surface area contributed by atoms with Crippen molar-refractivity contribution in [2.24, 2.45) is 0 Å². The van der Waals surface area contributed by atoms with Crippen molar-refractivity contribution < 1.29 is 0 Å². The van der Waals surface area contributed by atoms with Crippen LogP contribution in [0.15, 0.2) is 18.3 Å². The lowest BCUT2D eigenvalue weighted by Gasteiger charge is -2.26. The quantitative estimate of drug-likeness (QED) is 0.833. The first-order valence-electron chi connectivity index (χ1n) is 6.78. The Hall–Kier alpha value is -1.42. The van der Waals surface area contributed by atoms with E-state index in [9.17, 15) is 0 Å². The fraction of sp³-hybridized carbons (Fsp3) is 0.467. The molecular weight excluding hydrogens is 254 g/mol. The lowest BCUT2D eigenvalue weighted by Crippen LogP contribution is -2.24. The van der Waals surface area contributed by atoms with E-state index in [1.165, 1.54) is 22.6 Å². The molecule has 19 heavy (non-hydrogen) atoms. The van der Waals surface area contributed by atoms with Gasteiger partial charge in [-0.2, -0.15) is 0 Å². The Morgan fingerprint density at radius 2 is 2.11 bits per heavy atom. The van der Waals surface area contributed by atoms with Gasteiger partial charge in [0.05, 0.1) is 17.4 Å². The van der Waals surface area contributed by atoms with Gasteiger partial charge in [0, 0.05) is 22.5 Å². The molecule has 0 spiro atoms. The van der Waals surface area contributed by atoms with Gasteiger partial charge in [0.25, 0.3) is 0 Å². The summed E-state index contributed by atoms with van der Waals surface area (Å²) in [5.74, 6) is 1.06. The molecule has 1 fully saturated rings. The van der Waals surface area contributed by atoms with Crippen LogP contribution in [0, 0.1) is 20.8 Å². The Balaban J connectivity index is 1.97. The molecule has 100 valence electrons. The van der Waals surface area contributed by atoms with E-state index < -0.39 is 0 Å². The predicted octanol–water partition coefficient (Wildman–Crippen LogP) is 3.80. The summed E-state index contributed by atoms with van der Waals surface area (Å²) in [4.78, 5) is 14.4. The van der Waals surface area contributed by atoms with Crippen LogP contribution in [-0.2, 0) is 0 Å². The molecule has 1 aliphatic heterocycles. The van der Waals surface area contributed by atoms with E-state index in [2.05, 4.69) is 35.9 Å². The standard InChI is InChI=1S/C15H19N3S/c1-10-9-16-12(3)15(17-10)18-8-4-5-13(18)14-7-6-11(2)19-14/h6-7,9,13H,4-5,8H2,1-3H3. The molecule has 2 aromatic rings. The molecule has 0 N–H and O–H groups in total. The summed E-state index contributed by atoms with van der Waals surface area (Å²) >= 11 is 1.90. The molecule has 1 unspecified atom stereocenters. The maximum absolute atomic E-state index is 4.71. The number of anilines is 1. The predicted molar refractivity (Wildman–Crippen MR) is 79.9 cm³/mol. The zero-order valence-electron chi connectivity index (χ0n) is 11.7. The van der Waals surface area contributed by atoms with E-state index in [0.29, 0.717) is 6.04 Å². The van der Waals surface area contributed by atoms with Crippen LogP contribution in [0.5, 0.6) is 0 Å². The molecule has 3 heterocycles. The first-order valence-corrected chi connectivity index (χ1v) is 7.60. The molecule has 3 nitrogen and oxygen atoms in total. The minimum atomic E-state index is 0.480. The number of aryl methyl sites for hydroxylation is 3. The molecule has 1 aliphatic rings. The van der Waals surface area contributed by atoms with Crippen LogP contribution in [0.3, 0.4) is 0 Å². The van der Waals surface area contributed by atoms with Crippen molar-refractivity contribution in [3.63, 3.8) is 0 Å². The van der Waals surface area contributed by atoms with Crippen molar-refractivity contribution in [2.45, 2.75) is 39.7 Å². The van der Waals surface area contributed by atoms with E-state index in [0.717, 1.165) is 23.8 Å². The molecule has 0 aliphatic carbocycles. The van der Waals surface area contributed by atoms with Crippen molar-refractivity contribution >= 4 is 17.2 Å². The lowest BCUT2D eigenvalue weighted by atomic mass is 10.2. The van der Waals surface area contributed by atoms with Crippen LogP contribution in [0.4, 0.5) is 5.82 Å². The average Bonchev–Trinajstić information content (AvgIpc) is 3.00. The Bertz CT molecular complexity index is 591. The number of thiophene rings is 1. The molecule has 0 bridgehead atoms. The number of rotatable bonds is 2. The van der Waals surface area contributed by atoms with E-state index >= 15 is 0 Å². The summed E-state index contributed by atoms with van der Waals surface area (Å²) in [6.07, 6.45) is 4.30. The van der Waals surface area contributed by atoms with Crippen molar-refractivity contribution in [3.05, 3.63) is 39.5 Å². The Morgan fingerprint density at radius 1 is 1.26 bits per heavy atom. The zero-order chi connectivity index (χ0) is 13.4. The van der Waals surface area contributed by atoms with E-state index in [1.54, 1.807) is 0 Å². The molecule has 0 radical (unpaired) electrons. The fourth-order valence-electron chi connectivity index (χ4n) is 2.75. The third-order valence-electron chi connectivity index (χ3n) is 3.67. The largest absolute Gasteiger partial charge is 0.347 e. The van der Waals surface area contributed by atoms with Crippen LogP contribution in [0.1, 0.15) is 40.0 Å². The smallest absolute Gasteiger partial charge is 0.150 e. The van der Waals surface area contributed by atoms with Gasteiger partial charge in [0.2, 0.25) is 0 Å². The number of hydrogen-bond donors (Lipinski definition) is 0. The van der Waals surface area contributed by atoms with Gasteiger partial charge in [-0.3, -0.25) is 4.98 Å². The summed E-state index contributed by atoms with van der Waals surface area (Å²) in [5.41, 5.74) is 2.03. The highest BCUT2D eigenvalue weighted by molar-refractivity contribution is 7.12. The Morgan fingerprint density at radius 3 is 2.84 bits per heavy atom. The van der Waals surface area contributed by atoms with Crippen LogP contribution in [0.25, 0.3) is 0 Å². The highest BCUT2D eigenvalue weighted by Crippen LogP contribution is 2.38. The minimum Gasteiger partial charge on any atom is -0.347 e. The number of hydrogen-bond acceptors (Lipinski definition) is 4. The highest BCUT2D eigenvalue weighted by atomic mass is 32.1. The van der Waals surface area contributed by atoms with Crippen LogP contribution in [0.2, 0.25) is 0 Å². The second kappa shape index (κ2) is 4.93. The Kier molecular flexibility index (Phi) is 3.27. The van der Waals surface area contributed by atoms with Gasteiger partial charge in [0.1, 0.15) is 0 Å². The second-order valence-corrected chi connectivity index (χ2v) is 6.54. The third-order valence-corrected chi connectivity index (χ3v) is 4.77. The average molecular weight is 273 g/mol. The molecule has 0 saturated carbocycles. The van der Waals surface area contributed by atoms with Gasteiger partial charge in [-0.25, -0.2) is 4.98 Å². The van der Waals surface area contributed by atoms with Crippen LogP contribution >= 0.6 is 11.3 Å². The lowest BCUT2D eigenvalue weighted by molar-refractivity contribution is 0.718. The van der Waals surface area contributed by atoms with Gasteiger partial charge in [-0.05, 0) is 45.7 Å². The molecule has 1 saturated heterocycles. The molecule has 2 aromatic heterocycles. The fourth-order valence-corrected chi connectivity index (χ4v) is 3.77. The topological polar surface area (TPSA) is 29.0 Å². The van der Waals surface area contributed by atoms with Crippen molar-refractivity contribution in [3.8, 4) is 0 Å².